The quantitative estimate of drug-likeness (QED) is 0.858. The molecule has 1 aromatic rings. The molecule has 0 radical (unpaired) electrons. The number of halogens is 1. The topological polar surface area (TPSA) is 66.5 Å². The maximum absolute atomic E-state index is 11.4. The van der Waals surface area contributed by atoms with Crippen LogP contribution in [0, 0.1) is 0 Å². The standard InChI is InChI=1S/C11H13ClN2O3S/c1-8(15)14-5-4-9-6-10(2-3-11(9)14)13-18(16,17)7-12/h2-3,6,13H,4-5,7H2,1H3. The molecule has 0 bridgehead atoms. The Hall–Kier alpha value is -1.27. The van der Waals surface area contributed by atoms with Crippen molar-refractivity contribution in [1.82, 2.24) is 0 Å². The summed E-state index contributed by atoms with van der Waals surface area (Å²) in [6, 6.07) is 5.11. The number of nitrogens with zero attached hydrogens (tertiary/aromatic N) is 1. The molecule has 1 aliphatic heterocycles. The zero-order valence-electron chi connectivity index (χ0n) is 9.81. The molecule has 0 fully saturated rings. The Morgan fingerprint density at radius 2 is 2.22 bits per heavy atom. The first-order chi connectivity index (χ1) is 8.43. The number of hydrogen-bond donors (Lipinski definition) is 1. The summed E-state index contributed by atoms with van der Waals surface area (Å²) in [5.41, 5.74) is 2.27. The zero-order valence-corrected chi connectivity index (χ0v) is 11.4. The van der Waals surface area contributed by atoms with Gasteiger partial charge in [0.25, 0.3) is 0 Å². The van der Waals surface area contributed by atoms with Crippen LogP contribution in [0.15, 0.2) is 18.2 Å². The average Bonchev–Trinajstić information content (AvgIpc) is 2.71. The molecule has 98 valence electrons. The molecule has 0 saturated heterocycles. The van der Waals surface area contributed by atoms with Crippen molar-refractivity contribution in [3.63, 3.8) is 0 Å². The summed E-state index contributed by atoms with van der Waals surface area (Å²) in [5.74, 6) is -0.0113. The highest BCUT2D eigenvalue weighted by atomic mass is 35.5. The number of carbonyl (C=O) groups excluding carboxylic acids is 1. The van der Waals surface area contributed by atoms with E-state index in [1.807, 2.05) is 0 Å². The number of sulfonamides is 1. The second kappa shape index (κ2) is 4.78. The van der Waals surface area contributed by atoms with E-state index in [4.69, 9.17) is 11.6 Å². The van der Waals surface area contributed by atoms with E-state index < -0.39 is 15.2 Å². The van der Waals surface area contributed by atoms with Gasteiger partial charge in [-0.05, 0) is 30.2 Å². The van der Waals surface area contributed by atoms with Crippen LogP contribution in [-0.4, -0.2) is 26.1 Å². The number of hydrogen-bond acceptors (Lipinski definition) is 3. The molecule has 0 aliphatic carbocycles. The van der Waals surface area contributed by atoms with Gasteiger partial charge in [-0.25, -0.2) is 8.42 Å². The second-order valence-corrected chi connectivity index (χ2v) is 6.40. The van der Waals surface area contributed by atoms with Gasteiger partial charge >= 0.3 is 0 Å². The molecule has 0 atom stereocenters. The average molecular weight is 289 g/mol. The summed E-state index contributed by atoms with van der Waals surface area (Å²) in [6.07, 6.45) is 0.728. The molecule has 0 aromatic heterocycles. The summed E-state index contributed by atoms with van der Waals surface area (Å²) in [7, 11) is -3.48. The summed E-state index contributed by atoms with van der Waals surface area (Å²) in [6.45, 7) is 2.15. The minimum Gasteiger partial charge on any atom is -0.312 e. The van der Waals surface area contributed by atoms with Crippen LogP contribution in [0.2, 0.25) is 0 Å². The maximum atomic E-state index is 11.4. The van der Waals surface area contributed by atoms with E-state index in [1.54, 1.807) is 23.1 Å². The molecular weight excluding hydrogens is 276 g/mol. The van der Waals surface area contributed by atoms with E-state index in [2.05, 4.69) is 4.72 Å². The van der Waals surface area contributed by atoms with Crippen LogP contribution < -0.4 is 9.62 Å². The molecule has 1 heterocycles. The minimum absolute atomic E-state index is 0.0113. The van der Waals surface area contributed by atoms with E-state index in [1.165, 1.54) is 6.92 Å². The lowest BCUT2D eigenvalue weighted by Gasteiger charge is -2.15. The molecule has 0 saturated carbocycles. The van der Waals surface area contributed by atoms with Gasteiger partial charge in [0, 0.05) is 24.8 Å². The van der Waals surface area contributed by atoms with Crippen molar-refractivity contribution in [2.45, 2.75) is 13.3 Å². The van der Waals surface area contributed by atoms with Gasteiger partial charge < -0.3 is 4.90 Å². The number of rotatable bonds is 3. The van der Waals surface area contributed by atoms with Crippen LogP contribution in [-0.2, 0) is 21.2 Å². The van der Waals surface area contributed by atoms with Crippen LogP contribution in [0.4, 0.5) is 11.4 Å². The van der Waals surface area contributed by atoms with Crippen molar-refractivity contribution in [3.05, 3.63) is 23.8 Å². The van der Waals surface area contributed by atoms with E-state index in [-0.39, 0.29) is 5.91 Å². The van der Waals surface area contributed by atoms with Gasteiger partial charge in [-0.1, -0.05) is 0 Å². The SMILES string of the molecule is CC(=O)N1CCc2cc(NS(=O)(=O)CCl)ccc21. The molecule has 0 unspecified atom stereocenters. The largest absolute Gasteiger partial charge is 0.312 e. The van der Waals surface area contributed by atoms with E-state index in [0.717, 1.165) is 17.7 Å². The van der Waals surface area contributed by atoms with Gasteiger partial charge in [0.15, 0.2) is 0 Å². The Labute approximate surface area is 111 Å². The Bertz CT molecular complexity index is 586. The first-order valence-corrected chi connectivity index (χ1v) is 7.59. The molecule has 18 heavy (non-hydrogen) atoms. The zero-order chi connectivity index (χ0) is 13.3. The fourth-order valence-electron chi connectivity index (χ4n) is 2.00. The predicted octanol–water partition coefficient (Wildman–Crippen LogP) is 1.53. The Morgan fingerprint density at radius 1 is 1.50 bits per heavy atom. The highest BCUT2D eigenvalue weighted by Gasteiger charge is 2.22. The molecule has 7 heteroatoms. The fraction of sp³-hybridized carbons (Fsp3) is 0.364. The van der Waals surface area contributed by atoms with Crippen molar-refractivity contribution in [2.24, 2.45) is 0 Å². The molecule has 0 spiro atoms. The first-order valence-electron chi connectivity index (χ1n) is 5.40. The number of amides is 1. The Kier molecular flexibility index (Phi) is 3.49. The summed E-state index contributed by atoms with van der Waals surface area (Å²) in [4.78, 5) is 13.0. The van der Waals surface area contributed by atoms with Gasteiger partial charge in [-0.2, -0.15) is 0 Å². The van der Waals surface area contributed by atoms with E-state index in [9.17, 15) is 13.2 Å². The van der Waals surface area contributed by atoms with Gasteiger partial charge in [-0.3, -0.25) is 9.52 Å². The monoisotopic (exact) mass is 288 g/mol. The Balaban J connectivity index is 2.28. The Morgan fingerprint density at radius 3 is 2.83 bits per heavy atom. The number of anilines is 2. The lowest BCUT2D eigenvalue weighted by molar-refractivity contribution is -0.116. The molecule has 2 rings (SSSR count). The summed E-state index contributed by atoms with van der Waals surface area (Å²) in [5, 5.41) is -0.482. The highest BCUT2D eigenvalue weighted by Crippen LogP contribution is 2.30. The third-order valence-corrected chi connectivity index (χ3v) is 4.47. The lowest BCUT2D eigenvalue weighted by Crippen LogP contribution is -2.25. The van der Waals surface area contributed by atoms with Crippen LogP contribution in [0.5, 0.6) is 0 Å². The molecule has 5 nitrogen and oxygen atoms in total. The number of carbonyl (C=O) groups is 1. The van der Waals surface area contributed by atoms with Crippen LogP contribution >= 0.6 is 11.6 Å². The van der Waals surface area contributed by atoms with Gasteiger partial charge in [0.1, 0.15) is 5.21 Å². The first kappa shape index (κ1) is 13.2. The lowest BCUT2D eigenvalue weighted by atomic mass is 10.1. The number of fused-ring (bicyclic) bond motifs is 1. The van der Waals surface area contributed by atoms with Gasteiger partial charge in [0.2, 0.25) is 15.9 Å². The van der Waals surface area contributed by atoms with Crippen LogP contribution in [0.1, 0.15) is 12.5 Å². The van der Waals surface area contributed by atoms with Crippen molar-refractivity contribution < 1.29 is 13.2 Å². The van der Waals surface area contributed by atoms with Crippen molar-refractivity contribution in [1.29, 1.82) is 0 Å². The third-order valence-electron chi connectivity index (χ3n) is 2.77. The van der Waals surface area contributed by atoms with Crippen molar-refractivity contribution >= 4 is 38.9 Å². The van der Waals surface area contributed by atoms with Crippen molar-refractivity contribution in [3.8, 4) is 0 Å². The molecule has 1 aromatic carbocycles. The second-order valence-electron chi connectivity index (χ2n) is 4.09. The maximum Gasteiger partial charge on any atom is 0.246 e. The molecule has 1 aliphatic rings. The molecule has 1 N–H and O–H groups in total. The number of alkyl halides is 1. The third kappa shape index (κ3) is 2.59. The highest BCUT2D eigenvalue weighted by molar-refractivity contribution is 7.93. The smallest absolute Gasteiger partial charge is 0.246 e. The molecular formula is C11H13ClN2O3S. The van der Waals surface area contributed by atoms with Gasteiger partial charge in [0.05, 0.1) is 0 Å². The van der Waals surface area contributed by atoms with Crippen molar-refractivity contribution in [2.75, 3.05) is 21.4 Å². The molecule has 1 amide bonds. The summed E-state index contributed by atoms with van der Waals surface area (Å²) >= 11 is 5.32. The predicted molar refractivity (Wildman–Crippen MR) is 71.4 cm³/mol. The van der Waals surface area contributed by atoms with Crippen LogP contribution in [0.3, 0.4) is 0 Å². The van der Waals surface area contributed by atoms with E-state index >= 15 is 0 Å². The minimum atomic E-state index is -3.48. The number of nitrogens with one attached hydrogen (secondary N) is 1. The normalized spacial score (nSPS) is 14.4. The van der Waals surface area contributed by atoms with Gasteiger partial charge in [-0.15, -0.1) is 11.6 Å². The fourth-order valence-corrected chi connectivity index (χ4v) is 2.70. The van der Waals surface area contributed by atoms with E-state index in [0.29, 0.717) is 12.2 Å². The summed E-state index contributed by atoms with van der Waals surface area (Å²) < 4.78 is 25.0. The number of benzene rings is 1. The van der Waals surface area contributed by atoms with Crippen LogP contribution in [0.25, 0.3) is 0 Å².